The molecule has 0 aliphatic carbocycles. The van der Waals surface area contributed by atoms with Crippen molar-refractivity contribution in [2.45, 2.75) is 12.7 Å². The van der Waals surface area contributed by atoms with Gasteiger partial charge < -0.3 is 3.67 Å². The molecule has 0 saturated carbocycles. The topological polar surface area (TPSA) is 56.9 Å². The normalized spacial score (nSPS) is 11.6. The number of halogens is 3. The van der Waals surface area contributed by atoms with Crippen LogP contribution in [0.2, 0.25) is 0 Å². The Morgan fingerprint density at radius 3 is 2.50 bits per heavy atom. The van der Waals surface area contributed by atoms with E-state index in [9.17, 15) is 22.8 Å². The smallest absolute Gasteiger partial charge is 0.323 e. The number of rotatable bonds is 1. The zero-order valence-electron chi connectivity index (χ0n) is 7.08. The lowest BCUT2D eigenvalue weighted by Gasteiger charge is -2.08. The van der Waals surface area contributed by atoms with Crippen LogP contribution in [0.15, 0.2) is 15.8 Å². The van der Waals surface area contributed by atoms with Crippen LogP contribution in [-0.2, 0) is 6.54 Å². The van der Waals surface area contributed by atoms with Crippen LogP contribution in [0, 0.1) is 0 Å². The van der Waals surface area contributed by atoms with E-state index < -0.39 is 24.0 Å². The summed E-state index contributed by atoms with van der Waals surface area (Å²) in [5, 5.41) is 3.33. The lowest BCUT2D eigenvalue weighted by atomic mass is 10.6. The molecule has 0 aromatic carbocycles. The molecule has 0 aliphatic rings. The summed E-state index contributed by atoms with van der Waals surface area (Å²) in [6, 6.07) is 0. The highest BCUT2D eigenvalue weighted by Crippen LogP contribution is 2.14. The van der Waals surface area contributed by atoms with Crippen LogP contribution in [0.5, 0.6) is 0 Å². The Hall–Kier alpha value is -1.07. The van der Waals surface area contributed by atoms with Gasteiger partial charge in [-0.3, -0.25) is 9.36 Å². The van der Waals surface area contributed by atoms with Crippen LogP contribution < -0.4 is 11.2 Å². The zero-order chi connectivity index (χ0) is 10.9. The first kappa shape index (κ1) is 11.0. The molecule has 14 heavy (non-hydrogen) atoms. The molecule has 0 unspecified atom stereocenters. The summed E-state index contributed by atoms with van der Waals surface area (Å²) < 4.78 is 36.7. The summed E-state index contributed by atoms with van der Waals surface area (Å²) in [6.45, 7) is -1.57. The van der Waals surface area contributed by atoms with E-state index in [0.29, 0.717) is 6.20 Å². The summed E-state index contributed by atoms with van der Waals surface area (Å²) in [4.78, 5) is 21.9. The second-order valence-corrected chi connectivity index (χ2v) is 3.44. The maximum atomic E-state index is 11.9. The minimum absolute atomic E-state index is 0.111. The van der Waals surface area contributed by atoms with Crippen LogP contribution >= 0.6 is 0 Å². The third-order valence-electron chi connectivity index (χ3n) is 1.45. The Kier molecular flexibility index (Phi) is 2.82. The van der Waals surface area contributed by atoms with Crippen LogP contribution in [0.4, 0.5) is 13.2 Å². The van der Waals surface area contributed by atoms with Gasteiger partial charge >= 0.3 is 28.4 Å². The highest BCUT2D eigenvalue weighted by atomic mass is 27.1. The largest absolute Gasteiger partial charge is 0.406 e. The zero-order valence-corrected chi connectivity index (χ0v) is 9.08. The maximum absolute atomic E-state index is 11.9. The second kappa shape index (κ2) is 3.59. The van der Waals surface area contributed by atoms with Gasteiger partial charge in [0.25, 0.3) is 5.56 Å². The van der Waals surface area contributed by atoms with Crippen LogP contribution in [-0.4, -0.2) is 36.0 Å². The molecule has 0 saturated heterocycles. The second-order valence-electron chi connectivity index (χ2n) is 2.59. The monoisotopic (exact) mass is 223 g/mol. The first-order valence-electron chi connectivity index (χ1n) is 3.51. The Labute approximate surface area is 83.4 Å². The van der Waals surface area contributed by atoms with Crippen molar-refractivity contribution in [3.63, 3.8) is 0 Å². The number of alkyl halides is 3. The van der Waals surface area contributed by atoms with E-state index in [-0.39, 0.29) is 21.1 Å². The van der Waals surface area contributed by atoms with Crippen molar-refractivity contribution in [3.8, 4) is 0 Å². The molecule has 0 aliphatic heterocycles. The fraction of sp³-hybridized carbons (Fsp3) is 0.400. The van der Waals surface area contributed by atoms with Crippen LogP contribution in [0.25, 0.3) is 0 Å². The molecule has 76 valence electrons. The maximum Gasteiger partial charge on any atom is 0.406 e. The first-order valence-corrected chi connectivity index (χ1v) is 4.40. The van der Waals surface area contributed by atoms with E-state index in [1.165, 1.54) is 0 Å². The fourth-order valence-electron chi connectivity index (χ4n) is 0.849. The van der Waals surface area contributed by atoms with E-state index >= 15 is 0 Å². The summed E-state index contributed by atoms with van der Waals surface area (Å²) in [7, 11) is 0. The van der Waals surface area contributed by atoms with Crippen molar-refractivity contribution >= 4 is 16.5 Å². The van der Waals surface area contributed by atoms with Gasteiger partial charge in [-0.2, -0.15) is 18.3 Å². The molecule has 1 rings (SSSR count). The number of hydrogen-bond acceptors (Lipinski definition) is 3. The van der Waals surface area contributed by atoms with Gasteiger partial charge in [0, 0.05) is 0 Å². The molecule has 0 N–H and O–H groups in total. The number of nitrogens with zero attached hydrogens (tertiary/aromatic N) is 3. The Bertz CT molecular complexity index is 449. The SMILES string of the molecule is O=c1cn[n]([AlH2])c(=O)n1CC(F)(F)F. The van der Waals surface area contributed by atoms with Crippen molar-refractivity contribution in [3.05, 3.63) is 27.0 Å². The van der Waals surface area contributed by atoms with Gasteiger partial charge in [0.05, 0.1) is 0 Å². The molecule has 0 atom stereocenters. The van der Waals surface area contributed by atoms with E-state index in [1.54, 1.807) is 0 Å². The summed E-state index contributed by atoms with van der Waals surface area (Å²) in [5.41, 5.74) is -2.07. The molecule has 0 fully saturated rings. The lowest BCUT2D eigenvalue weighted by molar-refractivity contribution is -0.142. The fourth-order valence-corrected chi connectivity index (χ4v) is 1.21. The predicted molar refractivity (Wildman–Crippen MR) is 42.8 cm³/mol. The third-order valence-corrected chi connectivity index (χ3v) is 2.07. The van der Waals surface area contributed by atoms with Crippen molar-refractivity contribution in [1.82, 2.24) is 13.3 Å². The summed E-state index contributed by atoms with van der Waals surface area (Å²) in [6.07, 6.45) is -3.89. The summed E-state index contributed by atoms with van der Waals surface area (Å²) >= 11 is 0.130. The molecular weight excluding hydrogens is 218 g/mol. The molecule has 1 heterocycles. The molecule has 1 aromatic rings. The average Bonchev–Trinajstić information content (AvgIpc) is 2.04. The van der Waals surface area contributed by atoms with Crippen molar-refractivity contribution in [2.24, 2.45) is 0 Å². The molecular formula is C5H5AlF3N3O2. The van der Waals surface area contributed by atoms with Gasteiger partial charge in [0.15, 0.2) is 0 Å². The molecule has 1 aromatic heterocycles. The Morgan fingerprint density at radius 2 is 2.00 bits per heavy atom. The molecule has 0 radical (unpaired) electrons. The van der Waals surface area contributed by atoms with Gasteiger partial charge in [-0.1, -0.05) is 0 Å². The minimum atomic E-state index is -4.58. The first-order chi connectivity index (χ1) is 6.31. The van der Waals surface area contributed by atoms with E-state index in [0.717, 1.165) is 3.67 Å². The quantitative estimate of drug-likeness (QED) is 0.537. The molecule has 0 bridgehead atoms. The van der Waals surface area contributed by atoms with Crippen molar-refractivity contribution < 1.29 is 13.2 Å². The Morgan fingerprint density at radius 1 is 1.43 bits per heavy atom. The standard InChI is InChI=1S/C5H4F3N3O2.Al.2H/c6-5(7,8)2-11-3(12)1-9-10-4(11)13;;;/h1H,2H2,(H,10,12,13);;;/q;+1;;/p-1. The predicted octanol–water partition coefficient (Wildman–Crippen LogP) is -1.64. The highest BCUT2D eigenvalue weighted by molar-refractivity contribution is 6.05. The molecule has 0 amide bonds. The van der Waals surface area contributed by atoms with E-state index in [4.69, 9.17) is 0 Å². The van der Waals surface area contributed by atoms with Crippen molar-refractivity contribution in [1.29, 1.82) is 0 Å². The van der Waals surface area contributed by atoms with E-state index in [1.807, 2.05) is 0 Å². The van der Waals surface area contributed by atoms with Gasteiger partial charge in [-0.15, -0.1) is 0 Å². The highest BCUT2D eigenvalue weighted by Gasteiger charge is 2.29. The average molecular weight is 223 g/mol. The minimum Gasteiger partial charge on any atom is -0.323 e. The van der Waals surface area contributed by atoms with E-state index in [2.05, 4.69) is 5.10 Å². The van der Waals surface area contributed by atoms with Crippen LogP contribution in [0.1, 0.15) is 0 Å². The number of aromatic nitrogens is 3. The Balaban J connectivity index is 3.28. The lowest BCUT2D eigenvalue weighted by Crippen LogP contribution is -2.43. The third kappa shape index (κ3) is 2.46. The van der Waals surface area contributed by atoms with Gasteiger partial charge in [0.2, 0.25) is 0 Å². The van der Waals surface area contributed by atoms with Crippen molar-refractivity contribution in [2.75, 3.05) is 0 Å². The summed E-state index contributed by atoms with van der Waals surface area (Å²) in [5.74, 6) is 0. The van der Waals surface area contributed by atoms with Gasteiger partial charge in [0.1, 0.15) is 12.7 Å². The molecule has 0 spiro atoms. The molecule has 9 heteroatoms. The van der Waals surface area contributed by atoms with Gasteiger partial charge in [-0.05, 0) is 0 Å². The number of hydrogen-bond donors (Lipinski definition) is 0. The van der Waals surface area contributed by atoms with Gasteiger partial charge in [-0.25, -0.2) is 4.79 Å². The van der Waals surface area contributed by atoms with Crippen LogP contribution in [0.3, 0.4) is 0 Å². The molecule has 5 nitrogen and oxygen atoms in total.